The molecule has 0 aromatic heterocycles. The molecule has 3 rings (SSSR count). The number of amides is 1. The van der Waals surface area contributed by atoms with E-state index in [-0.39, 0.29) is 17.7 Å². The van der Waals surface area contributed by atoms with Crippen molar-refractivity contribution in [2.24, 2.45) is 0 Å². The smallest absolute Gasteiger partial charge is 0.335 e. The largest absolute Gasteiger partial charge is 0.497 e. The first-order valence-electron chi connectivity index (χ1n) is 9.61. The van der Waals surface area contributed by atoms with Crippen molar-refractivity contribution in [1.82, 2.24) is 0 Å². The molecule has 0 radical (unpaired) electrons. The van der Waals surface area contributed by atoms with Crippen LogP contribution >= 0.6 is 0 Å². The van der Waals surface area contributed by atoms with E-state index in [9.17, 15) is 14.9 Å². The number of benzene rings is 3. The average molecular weight is 428 g/mol. The third-order valence-electron chi connectivity index (χ3n) is 4.53. The Morgan fingerprint density at radius 1 is 1.03 bits per heavy atom. The molecule has 0 bridgehead atoms. The lowest BCUT2D eigenvalue weighted by Gasteiger charge is -2.10. The number of aromatic carboxylic acids is 1. The third-order valence-corrected chi connectivity index (χ3v) is 4.53. The topological polar surface area (TPSA) is 109 Å². The minimum Gasteiger partial charge on any atom is -0.497 e. The fraction of sp³-hybridized carbons (Fsp3) is 0.0800. The Kier molecular flexibility index (Phi) is 7.23. The molecule has 1 amide bonds. The van der Waals surface area contributed by atoms with Crippen LogP contribution in [0.25, 0.3) is 6.08 Å². The Bertz CT molecular complexity index is 1180. The quantitative estimate of drug-likeness (QED) is 0.403. The van der Waals surface area contributed by atoms with Crippen molar-refractivity contribution in [2.45, 2.75) is 6.61 Å². The van der Waals surface area contributed by atoms with Gasteiger partial charge in [-0.1, -0.05) is 30.3 Å². The van der Waals surface area contributed by atoms with Gasteiger partial charge in [-0.05, 0) is 54.1 Å². The zero-order valence-corrected chi connectivity index (χ0v) is 17.2. The molecule has 0 aliphatic rings. The van der Waals surface area contributed by atoms with Crippen LogP contribution in [0.2, 0.25) is 0 Å². The van der Waals surface area contributed by atoms with Crippen LogP contribution in [-0.4, -0.2) is 24.1 Å². The maximum Gasteiger partial charge on any atom is 0.335 e. The number of carboxylic acid groups (broad SMARTS) is 1. The highest BCUT2D eigenvalue weighted by atomic mass is 16.5. The Morgan fingerprint density at radius 2 is 1.72 bits per heavy atom. The SMILES string of the molecule is COc1ccc(NC(=O)/C(C#N)=C/c2ccccc2OCc2ccc(C(=O)O)cc2)cc1. The number of para-hydroxylation sites is 1. The molecule has 160 valence electrons. The van der Waals surface area contributed by atoms with Crippen LogP contribution in [0.15, 0.2) is 78.4 Å². The normalized spacial score (nSPS) is 10.7. The molecule has 0 fully saturated rings. The summed E-state index contributed by atoms with van der Waals surface area (Å²) in [6.07, 6.45) is 1.46. The Balaban J connectivity index is 1.74. The van der Waals surface area contributed by atoms with E-state index < -0.39 is 11.9 Å². The summed E-state index contributed by atoms with van der Waals surface area (Å²) in [4.78, 5) is 23.5. The van der Waals surface area contributed by atoms with Crippen molar-refractivity contribution < 1.29 is 24.2 Å². The van der Waals surface area contributed by atoms with Gasteiger partial charge in [-0.15, -0.1) is 0 Å². The predicted octanol–water partition coefficient (Wildman–Crippen LogP) is 4.52. The Labute approximate surface area is 185 Å². The predicted molar refractivity (Wildman–Crippen MR) is 119 cm³/mol. The molecule has 0 saturated carbocycles. The van der Waals surface area contributed by atoms with Crippen LogP contribution in [0.5, 0.6) is 11.5 Å². The van der Waals surface area contributed by atoms with Gasteiger partial charge in [0.1, 0.15) is 29.7 Å². The highest BCUT2D eigenvalue weighted by molar-refractivity contribution is 6.09. The van der Waals surface area contributed by atoms with E-state index in [1.807, 2.05) is 6.07 Å². The van der Waals surface area contributed by atoms with Crippen molar-refractivity contribution in [2.75, 3.05) is 12.4 Å². The summed E-state index contributed by atoms with van der Waals surface area (Å²) in [7, 11) is 1.55. The van der Waals surface area contributed by atoms with Gasteiger partial charge in [-0.25, -0.2) is 4.79 Å². The highest BCUT2D eigenvalue weighted by Gasteiger charge is 2.12. The number of anilines is 1. The van der Waals surface area contributed by atoms with Crippen LogP contribution < -0.4 is 14.8 Å². The van der Waals surface area contributed by atoms with E-state index in [0.29, 0.717) is 22.7 Å². The van der Waals surface area contributed by atoms with Gasteiger partial charge < -0.3 is 19.9 Å². The van der Waals surface area contributed by atoms with Crippen LogP contribution in [0.1, 0.15) is 21.5 Å². The van der Waals surface area contributed by atoms with E-state index in [2.05, 4.69) is 5.32 Å². The number of carbonyl (C=O) groups is 2. The van der Waals surface area contributed by atoms with Gasteiger partial charge in [0.15, 0.2) is 0 Å². The molecule has 3 aromatic rings. The number of nitrogens with one attached hydrogen (secondary N) is 1. The zero-order valence-electron chi connectivity index (χ0n) is 17.2. The molecule has 0 atom stereocenters. The molecule has 7 heteroatoms. The molecule has 0 spiro atoms. The molecule has 0 saturated heterocycles. The van der Waals surface area contributed by atoms with Gasteiger partial charge in [0, 0.05) is 11.3 Å². The van der Waals surface area contributed by atoms with E-state index in [4.69, 9.17) is 14.6 Å². The number of carbonyl (C=O) groups excluding carboxylic acids is 1. The van der Waals surface area contributed by atoms with Crippen LogP contribution in [0.4, 0.5) is 5.69 Å². The van der Waals surface area contributed by atoms with E-state index in [1.54, 1.807) is 67.8 Å². The number of hydrogen-bond donors (Lipinski definition) is 2. The fourth-order valence-electron chi connectivity index (χ4n) is 2.81. The zero-order chi connectivity index (χ0) is 22.9. The Morgan fingerprint density at radius 3 is 2.34 bits per heavy atom. The lowest BCUT2D eigenvalue weighted by atomic mass is 10.1. The molecule has 0 aliphatic carbocycles. The van der Waals surface area contributed by atoms with Crippen LogP contribution in [0, 0.1) is 11.3 Å². The molecule has 0 aliphatic heterocycles. The van der Waals surface area contributed by atoms with Crippen molar-refractivity contribution >= 4 is 23.6 Å². The summed E-state index contributed by atoms with van der Waals surface area (Å²) < 4.78 is 10.9. The first-order chi connectivity index (χ1) is 15.5. The second-order valence-corrected chi connectivity index (χ2v) is 6.68. The molecule has 32 heavy (non-hydrogen) atoms. The first-order valence-corrected chi connectivity index (χ1v) is 9.61. The first kappa shape index (κ1) is 22.1. The summed E-state index contributed by atoms with van der Waals surface area (Å²) in [6, 6.07) is 22.1. The number of rotatable bonds is 8. The summed E-state index contributed by atoms with van der Waals surface area (Å²) in [6.45, 7) is 0.199. The molecular weight excluding hydrogens is 408 g/mol. The number of nitriles is 1. The molecule has 7 nitrogen and oxygen atoms in total. The molecule has 0 unspecified atom stereocenters. The summed E-state index contributed by atoms with van der Waals surface area (Å²) in [5, 5.41) is 21.2. The van der Waals surface area contributed by atoms with Gasteiger partial charge in [0.2, 0.25) is 0 Å². The number of nitrogens with zero attached hydrogens (tertiary/aromatic N) is 1. The van der Waals surface area contributed by atoms with Crippen molar-refractivity contribution in [3.05, 3.63) is 95.1 Å². The van der Waals surface area contributed by atoms with Gasteiger partial charge in [0.05, 0.1) is 12.7 Å². The van der Waals surface area contributed by atoms with Crippen LogP contribution in [-0.2, 0) is 11.4 Å². The van der Waals surface area contributed by atoms with Gasteiger partial charge >= 0.3 is 5.97 Å². The number of hydrogen-bond acceptors (Lipinski definition) is 5. The van der Waals surface area contributed by atoms with Crippen LogP contribution in [0.3, 0.4) is 0 Å². The minimum absolute atomic E-state index is 0.0809. The third kappa shape index (κ3) is 5.74. The highest BCUT2D eigenvalue weighted by Crippen LogP contribution is 2.23. The minimum atomic E-state index is -0.995. The second-order valence-electron chi connectivity index (χ2n) is 6.68. The van der Waals surface area contributed by atoms with E-state index in [1.165, 1.54) is 18.2 Å². The Hall–Kier alpha value is -4.57. The van der Waals surface area contributed by atoms with Crippen molar-refractivity contribution in [1.29, 1.82) is 5.26 Å². The van der Waals surface area contributed by atoms with Gasteiger partial charge in [0.25, 0.3) is 5.91 Å². The summed E-state index contributed by atoms with van der Waals surface area (Å²) in [5.74, 6) is -0.399. The second kappa shape index (κ2) is 10.5. The summed E-state index contributed by atoms with van der Waals surface area (Å²) >= 11 is 0. The lowest BCUT2D eigenvalue weighted by molar-refractivity contribution is -0.112. The van der Waals surface area contributed by atoms with Crippen molar-refractivity contribution in [3.63, 3.8) is 0 Å². The average Bonchev–Trinajstić information content (AvgIpc) is 2.82. The standard InChI is InChI=1S/C25H20N2O5/c1-31-22-12-10-21(11-13-22)27-24(28)20(15-26)14-19-4-2-3-5-23(19)32-16-17-6-8-18(9-7-17)25(29)30/h2-14H,16H2,1H3,(H,27,28)(H,29,30)/b20-14+. The number of ether oxygens (including phenoxy) is 2. The van der Waals surface area contributed by atoms with Gasteiger partial charge in [-0.2, -0.15) is 5.26 Å². The monoisotopic (exact) mass is 428 g/mol. The number of carboxylic acids is 1. The molecule has 0 heterocycles. The molecular formula is C25H20N2O5. The maximum atomic E-state index is 12.6. The summed E-state index contributed by atoms with van der Waals surface area (Å²) in [5.41, 5.74) is 2.00. The number of methoxy groups -OCH3 is 1. The maximum absolute atomic E-state index is 12.6. The molecule has 3 aromatic carbocycles. The van der Waals surface area contributed by atoms with E-state index in [0.717, 1.165) is 5.56 Å². The van der Waals surface area contributed by atoms with E-state index >= 15 is 0 Å². The van der Waals surface area contributed by atoms with Crippen molar-refractivity contribution in [3.8, 4) is 17.6 Å². The van der Waals surface area contributed by atoms with Gasteiger partial charge in [-0.3, -0.25) is 4.79 Å². The fourth-order valence-corrected chi connectivity index (χ4v) is 2.81. The lowest BCUT2D eigenvalue weighted by Crippen LogP contribution is -2.13. The molecule has 2 N–H and O–H groups in total.